The maximum absolute atomic E-state index is 6.31. The van der Waals surface area contributed by atoms with Gasteiger partial charge in [-0.3, -0.25) is 9.25 Å². The molecule has 0 saturated heterocycles. The van der Waals surface area contributed by atoms with Crippen LogP contribution in [0.4, 0.5) is 0 Å². The molecule has 0 fully saturated rings. The number of hydrogen-bond acceptors (Lipinski definition) is 3. The molecule has 96 valence electrons. The van der Waals surface area contributed by atoms with E-state index in [-0.39, 0.29) is 6.04 Å². The van der Waals surface area contributed by atoms with Crippen LogP contribution in [0.15, 0.2) is 55.1 Å². The first-order chi connectivity index (χ1) is 9.25. The summed E-state index contributed by atoms with van der Waals surface area (Å²) in [7, 11) is 1.89. The van der Waals surface area contributed by atoms with Crippen molar-refractivity contribution in [3.8, 4) is 5.82 Å². The Morgan fingerprint density at radius 3 is 2.63 bits per heavy atom. The van der Waals surface area contributed by atoms with Crippen molar-refractivity contribution in [3.63, 3.8) is 0 Å². The Kier molecular flexibility index (Phi) is 2.89. The van der Waals surface area contributed by atoms with Crippen LogP contribution in [0.2, 0.25) is 0 Å². The number of benzene rings is 1. The van der Waals surface area contributed by atoms with Crippen molar-refractivity contribution in [1.82, 2.24) is 19.3 Å². The van der Waals surface area contributed by atoms with E-state index in [1.165, 1.54) is 0 Å². The molecule has 0 saturated carbocycles. The number of aryl methyl sites for hydroxylation is 1. The Morgan fingerprint density at radius 1 is 1.16 bits per heavy atom. The van der Waals surface area contributed by atoms with E-state index in [4.69, 9.17) is 5.73 Å². The molecule has 0 amide bonds. The van der Waals surface area contributed by atoms with Crippen LogP contribution >= 0.6 is 0 Å². The highest BCUT2D eigenvalue weighted by atomic mass is 15.3. The number of hydrogen-bond donors (Lipinski definition) is 1. The molecule has 0 aliphatic heterocycles. The first kappa shape index (κ1) is 11.7. The zero-order valence-electron chi connectivity index (χ0n) is 10.6. The maximum Gasteiger partial charge on any atom is 0.160 e. The lowest BCUT2D eigenvalue weighted by molar-refractivity contribution is 0.729. The van der Waals surface area contributed by atoms with Crippen LogP contribution in [0.5, 0.6) is 0 Å². The van der Waals surface area contributed by atoms with Gasteiger partial charge in [0.2, 0.25) is 0 Å². The normalized spacial score (nSPS) is 12.5. The third kappa shape index (κ3) is 2.15. The van der Waals surface area contributed by atoms with Crippen molar-refractivity contribution in [2.45, 2.75) is 6.04 Å². The number of nitrogens with two attached hydrogens (primary N) is 1. The molecule has 1 atom stereocenters. The van der Waals surface area contributed by atoms with Gasteiger partial charge in [0, 0.05) is 19.3 Å². The van der Waals surface area contributed by atoms with Gasteiger partial charge in [0.1, 0.15) is 6.33 Å². The second-order valence-electron chi connectivity index (χ2n) is 4.42. The average molecular weight is 253 g/mol. The lowest BCUT2D eigenvalue weighted by atomic mass is 10.1. The Bertz CT molecular complexity index is 668. The Morgan fingerprint density at radius 2 is 1.95 bits per heavy atom. The van der Waals surface area contributed by atoms with Crippen molar-refractivity contribution in [1.29, 1.82) is 0 Å². The van der Waals surface area contributed by atoms with Crippen LogP contribution in [0.25, 0.3) is 5.82 Å². The summed E-state index contributed by atoms with van der Waals surface area (Å²) in [6.07, 6.45) is 5.42. The van der Waals surface area contributed by atoms with E-state index in [1.54, 1.807) is 17.2 Å². The molecular formula is C14H15N5. The predicted octanol–water partition coefficient (Wildman–Crippen LogP) is 1.65. The zero-order chi connectivity index (χ0) is 13.2. The Hall–Kier alpha value is -2.40. The monoisotopic (exact) mass is 253 g/mol. The van der Waals surface area contributed by atoms with E-state index < -0.39 is 0 Å². The Labute approximate surface area is 111 Å². The van der Waals surface area contributed by atoms with Crippen molar-refractivity contribution in [2.24, 2.45) is 12.8 Å². The fourth-order valence-corrected chi connectivity index (χ4v) is 2.09. The standard InChI is InChI=1S/C14H15N5/c1-18-8-7-13(17-18)19-10-16-9-12(19)14(15)11-5-3-2-4-6-11/h2-10,14H,15H2,1H3. The average Bonchev–Trinajstić information content (AvgIpc) is 3.07. The maximum atomic E-state index is 6.31. The van der Waals surface area contributed by atoms with Gasteiger partial charge in [0.05, 0.1) is 17.9 Å². The topological polar surface area (TPSA) is 61.7 Å². The van der Waals surface area contributed by atoms with Gasteiger partial charge in [-0.2, -0.15) is 5.10 Å². The molecule has 2 heterocycles. The molecule has 2 aromatic heterocycles. The lowest BCUT2D eigenvalue weighted by Gasteiger charge is -2.13. The third-order valence-corrected chi connectivity index (χ3v) is 3.09. The highest BCUT2D eigenvalue weighted by molar-refractivity contribution is 5.31. The third-order valence-electron chi connectivity index (χ3n) is 3.09. The minimum atomic E-state index is -0.217. The number of nitrogens with zero attached hydrogens (tertiary/aromatic N) is 4. The van der Waals surface area contributed by atoms with Crippen LogP contribution in [0, 0.1) is 0 Å². The molecule has 2 N–H and O–H groups in total. The summed E-state index contributed by atoms with van der Waals surface area (Å²) >= 11 is 0. The molecule has 1 aromatic carbocycles. The first-order valence-electron chi connectivity index (χ1n) is 6.08. The molecule has 5 nitrogen and oxygen atoms in total. The second-order valence-corrected chi connectivity index (χ2v) is 4.42. The smallest absolute Gasteiger partial charge is 0.160 e. The van der Waals surface area contributed by atoms with Crippen LogP contribution in [0.3, 0.4) is 0 Å². The molecular weight excluding hydrogens is 238 g/mol. The fraction of sp³-hybridized carbons (Fsp3) is 0.143. The lowest BCUT2D eigenvalue weighted by Crippen LogP contribution is -2.16. The van der Waals surface area contributed by atoms with E-state index in [0.717, 1.165) is 17.1 Å². The number of rotatable bonds is 3. The van der Waals surface area contributed by atoms with Gasteiger partial charge in [-0.25, -0.2) is 4.98 Å². The van der Waals surface area contributed by atoms with E-state index >= 15 is 0 Å². The Balaban J connectivity index is 2.01. The summed E-state index contributed by atoms with van der Waals surface area (Å²) in [4.78, 5) is 4.19. The molecule has 0 aliphatic carbocycles. The molecule has 0 spiro atoms. The van der Waals surface area contributed by atoms with Crippen molar-refractivity contribution in [2.75, 3.05) is 0 Å². The van der Waals surface area contributed by atoms with Crippen LogP contribution in [-0.4, -0.2) is 19.3 Å². The van der Waals surface area contributed by atoms with Gasteiger partial charge in [-0.1, -0.05) is 30.3 Å². The van der Waals surface area contributed by atoms with Crippen molar-refractivity contribution >= 4 is 0 Å². The molecule has 1 unspecified atom stereocenters. The summed E-state index contributed by atoms with van der Waals surface area (Å²) in [6, 6.07) is 11.7. The number of imidazole rings is 1. The van der Waals surface area contributed by atoms with E-state index in [0.29, 0.717) is 0 Å². The molecule has 19 heavy (non-hydrogen) atoms. The highest BCUT2D eigenvalue weighted by Gasteiger charge is 2.15. The zero-order valence-corrected chi connectivity index (χ0v) is 10.6. The van der Waals surface area contributed by atoms with Gasteiger partial charge >= 0.3 is 0 Å². The number of aromatic nitrogens is 4. The van der Waals surface area contributed by atoms with Crippen molar-refractivity contribution < 1.29 is 0 Å². The fourth-order valence-electron chi connectivity index (χ4n) is 2.09. The minimum absolute atomic E-state index is 0.217. The molecule has 3 aromatic rings. The summed E-state index contributed by atoms with van der Waals surface area (Å²) in [5.41, 5.74) is 8.29. The first-order valence-corrected chi connectivity index (χ1v) is 6.08. The van der Waals surface area contributed by atoms with Gasteiger partial charge < -0.3 is 5.73 Å². The quantitative estimate of drug-likeness (QED) is 0.772. The SMILES string of the molecule is Cn1ccc(-n2cncc2C(N)c2ccccc2)n1. The van der Waals surface area contributed by atoms with Crippen molar-refractivity contribution in [3.05, 3.63) is 66.4 Å². The summed E-state index contributed by atoms with van der Waals surface area (Å²) < 4.78 is 3.67. The molecule has 0 bridgehead atoms. The molecule has 5 heteroatoms. The van der Waals surface area contributed by atoms with E-state index in [9.17, 15) is 0 Å². The van der Waals surface area contributed by atoms with E-state index in [1.807, 2.05) is 54.2 Å². The predicted molar refractivity (Wildman–Crippen MR) is 72.8 cm³/mol. The van der Waals surface area contributed by atoms with Crippen LogP contribution < -0.4 is 5.73 Å². The van der Waals surface area contributed by atoms with Crippen LogP contribution in [0.1, 0.15) is 17.3 Å². The van der Waals surface area contributed by atoms with E-state index in [2.05, 4.69) is 10.1 Å². The summed E-state index contributed by atoms with van der Waals surface area (Å²) in [5, 5.41) is 4.37. The second kappa shape index (κ2) is 4.70. The molecule has 0 radical (unpaired) electrons. The highest BCUT2D eigenvalue weighted by Crippen LogP contribution is 2.21. The molecule has 0 aliphatic rings. The minimum Gasteiger partial charge on any atom is -0.319 e. The van der Waals surface area contributed by atoms with Gasteiger partial charge in [-0.15, -0.1) is 0 Å². The van der Waals surface area contributed by atoms with Gasteiger partial charge in [0.15, 0.2) is 5.82 Å². The summed E-state index contributed by atoms with van der Waals surface area (Å²) in [5.74, 6) is 0.821. The van der Waals surface area contributed by atoms with Gasteiger partial charge in [0.25, 0.3) is 0 Å². The van der Waals surface area contributed by atoms with Gasteiger partial charge in [-0.05, 0) is 5.56 Å². The van der Waals surface area contributed by atoms with Crippen LogP contribution in [-0.2, 0) is 7.05 Å². The largest absolute Gasteiger partial charge is 0.319 e. The molecule has 3 rings (SSSR count). The summed E-state index contributed by atoms with van der Waals surface area (Å²) in [6.45, 7) is 0.